The molecule has 0 aliphatic carbocycles. The molecule has 28 heavy (non-hydrogen) atoms. The number of rotatable bonds is 3. The fourth-order valence-corrected chi connectivity index (χ4v) is 3.98. The first-order valence-corrected chi connectivity index (χ1v) is 9.12. The van der Waals surface area contributed by atoms with Crippen LogP contribution in [-0.2, 0) is 0 Å². The topological polar surface area (TPSA) is 68.0 Å². The van der Waals surface area contributed by atoms with Crippen molar-refractivity contribution in [1.29, 1.82) is 0 Å². The number of benzene rings is 3. The molecule has 0 radical (unpaired) electrons. The van der Waals surface area contributed by atoms with Crippen LogP contribution in [0.1, 0.15) is 17.2 Å². The van der Waals surface area contributed by atoms with Crippen molar-refractivity contribution in [3.63, 3.8) is 0 Å². The van der Waals surface area contributed by atoms with E-state index in [0.717, 1.165) is 28.3 Å². The Hall–Kier alpha value is -3.67. The number of ether oxygens (including phenoxy) is 1. The number of hydrogen-bond acceptors (Lipinski definition) is 5. The molecule has 2 heterocycles. The van der Waals surface area contributed by atoms with Gasteiger partial charge < -0.3 is 4.74 Å². The highest BCUT2D eigenvalue weighted by molar-refractivity contribution is 6.05. The van der Waals surface area contributed by atoms with Gasteiger partial charge in [-0.15, -0.1) is 0 Å². The van der Waals surface area contributed by atoms with Crippen LogP contribution in [0, 0.1) is 16.0 Å². The maximum absolute atomic E-state index is 11.2. The van der Waals surface area contributed by atoms with Crippen LogP contribution in [0.5, 0.6) is 5.75 Å². The number of hydrogen-bond donors (Lipinski definition) is 0. The van der Waals surface area contributed by atoms with Gasteiger partial charge in [-0.3, -0.25) is 15.1 Å². The van der Waals surface area contributed by atoms with Crippen molar-refractivity contribution < 1.29 is 9.66 Å². The van der Waals surface area contributed by atoms with Crippen molar-refractivity contribution >= 4 is 17.1 Å². The van der Waals surface area contributed by atoms with Gasteiger partial charge in [-0.1, -0.05) is 48.5 Å². The maximum atomic E-state index is 11.2. The Kier molecular flexibility index (Phi) is 3.83. The number of fused-ring (bicyclic) bond motifs is 3. The SMILES string of the molecule is O=[N+]([O-])c1cccc(C2=NN(c3ccccc3)C3c4ccccc4OCC23)c1. The van der Waals surface area contributed by atoms with Crippen LogP contribution in [0.4, 0.5) is 11.4 Å². The van der Waals surface area contributed by atoms with E-state index in [4.69, 9.17) is 9.84 Å². The van der Waals surface area contributed by atoms with Crippen LogP contribution >= 0.6 is 0 Å². The van der Waals surface area contributed by atoms with Gasteiger partial charge >= 0.3 is 0 Å². The van der Waals surface area contributed by atoms with E-state index in [9.17, 15) is 10.1 Å². The van der Waals surface area contributed by atoms with Gasteiger partial charge in [0, 0.05) is 23.3 Å². The zero-order valence-electron chi connectivity index (χ0n) is 14.9. The average molecular weight is 371 g/mol. The van der Waals surface area contributed by atoms with E-state index in [1.165, 1.54) is 6.07 Å². The largest absolute Gasteiger partial charge is 0.492 e. The first-order chi connectivity index (χ1) is 13.7. The van der Waals surface area contributed by atoms with Gasteiger partial charge in [0.2, 0.25) is 0 Å². The van der Waals surface area contributed by atoms with Crippen LogP contribution < -0.4 is 9.75 Å². The Morgan fingerprint density at radius 1 is 1.00 bits per heavy atom. The van der Waals surface area contributed by atoms with E-state index >= 15 is 0 Å². The maximum Gasteiger partial charge on any atom is 0.270 e. The quantitative estimate of drug-likeness (QED) is 0.500. The number of nitro benzene ring substituents is 1. The number of nitrogens with zero attached hydrogens (tertiary/aromatic N) is 3. The Bertz CT molecular complexity index is 1080. The molecule has 0 amide bonds. The fraction of sp³-hybridized carbons (Fsp3) is 0.136. The van der Waals surface area contributed by atoms with Crippen LogP contribution in [-0.4, -0.2) is 17.2 Å². The summed E-state index contributed by atoms with van der Waals surface area (Å²) < 4.78 is 6.01. The highest BCUT2D eigenvalue weighted by atomic mass is 16.6. The summed E-state index contributed by atoms with van der Waals surface area (Å²) in [5.74, 6) is 0.845. The molecule has 138 valence electrons. The van der Waals surface area contributed by atoms with E-state index in [1.54, 1.807) is 12.1 Å². The molecule has 2 atom stereocenters. The molecule has 2 aliphatic heterocycles. The van der Waals surface area contributed by atoms with Crippen molar-refractivity contribution in [2.45, 2.75) is 6.04 Å². The van der Waals surface area contributed by atoms with Crippen molar-refractivity contribution in [2.75, 3.05) is 11.6 Å². The lowest BCUT2D eigenvalue weighted by Crippen LogP contribution is -2.34. The summed E-state index contributed by atoms with van der Waals surface area (Å²) in [5, 5.41) is 18.2. The summed E-state index contributed by atoms with van der Waals surface area (Å²) in [6.07, 6.45) is 0. The third-order valence-corrected chi connectivity index (χ3v) is 5.24. The normalized spacial score (nSPS) is 20.0. The molecular formula is C22H17N3O3. The number of nitro groups is 1. The molecule has 0 saturated heterocycles. The zero-order valence-corrected chi connectivity index (χ0v) is 14.9. The molecule has 6 nitrogen and oxygen atoms in total. The monoisotopic (exact) mass is 371 g/mol. The van der Waals surface area contributed by atoms with E-state index in [-0.39, 0.29) is 22.6 Å². The van der Waals surface area contributed by atoms with Crippen LogP contribution in [0.15, 0.2) is 84.0 Å². The first kappa shape index (κ1) is 16.5. The summed E-state index contributed by atoms with van der Waals surface area (Å²) in [6.45, 7) is 0.479. The molecule has 0 N–H and O–H groups in total. The van der Waals surface area contributed by atoms with E-state index in [2.05, 4.69) is 6.07 Å². The van der Waals surface area contributed by atoms with Crippen LogP contribution in [0.2, 0.25) is 0 Å². The lowest BCUT2D eigenvalue weighted by Gasteiger charge is -2.33. The highest BCUT2D eigenvalue weighted by Gasteiger charge is 2.44. The van der Waals surface area contributed by atoms with Gasteiger partial charge in [0.1, 0.15) is 5.75 Å². The Labute approximate surface area is 161 Å². The first-order valence-electron chi connectivity index (χ1n) is 9.12. The average Bonchev–Trinajstić information content (AvgIpc) is 3.15. The van der Waals surface area contributed by atoms with E-state index in [0.29, 0.717) is 6.61 Å². The Balaban J connectivity index is 1.65. The van der Waals surface area contributed by atoms with Crippen LogP contribution in [0.25, 0.3) is 0 Å². The molecule has 0 fully saturated rings. The van der Waals surface area contributed by atoms with Crippen LogP contribution in [0.3, 0.4) is 0 Å². The summed E-state index contributed by atoms with van der Waals surface area (Å²) in [7, 11) is 0. The van der Waals surface area contributed by atoms with Crippen molar-refractivity contribution in [1.82, 2.24) is 0 Å². The van der Waals surface area contributed by atoms with E-state index in [1.807, 2.05) is 59.6 Å². The molecule has 2 aliphatic rings. The van der Waals surface area contributed by atoms with E-state index < -0.39 is 0 Å². The molecule has 0 bridgehead atoms. The smallest absolute Gasteiger partial charge is 0.270 e. The third-order valence-electron chi connectivity index (χ3n) is 5.24. The molecule has 5 rings (SSSR count). The minimum atomic E-state index is -0.377. The van der Waals surface area contributed by atoms with Gasteiger partial charge in [-0.2, -0.15) is 5.10 Å². The molecule has 0 saturated carbocycles. The van der Waals surface area contributed by atoms with Gasteiger partial charge in [0.05, 0.1) is 34.9 Å². The predicted molar refractivity (Wildman–Crippen MR) is 107 cm³/mol. The molecule has 2 unspecified atom stereocenters. The summed E-state index contributed by atoms with van der Waals surface area (Å²) in [5.41, 5.74) is 3.69. The molecule has 3 aromatic carbocycles. The number of para-hydroxylation sites is 2. The molecule has 0 aromatic heterocycles. The predicted octanol–water partition coefficient (Wildman–Crippen LogP) is 4.57. The van der Waals surface area contributed by atoms with Gasteiger partial charge in [-0.05, 0) is 18.2 Å². The summed E-state index contributed by atoms with van der Waals surface area (Å²) in [6, 6.07) is 24.6. The molecule has 6 heteroatoms. The second-order valence-corrected chi connectivity index (χ2v) is 6.87. The molecular weight excluding hydrogens is 354 g/mol. The van der Waals surface area contributed by atoms with Crippen molar-refractivity contribution in [3.05, 3.63) is 100 Å². The zero-order chi connectivity index (χ0) is 19.1. The molecule has 0 spiro atoms. The molecule has 3 aromatic rings. The summed E-state index contributed by atoms with van der Waals surface area (Å²) in [4.78, 5) is 10.9. The minimum Gasteiger partial charge on any atom is -0.492 e. The lowest BCUT2D eigenvalue weighted by atomic mass is 9.85. The number of non-ortho nitro benzene ring substituents is 1. The van der Waals surface area contributed by atoms with Crippen molar-refractivity contribution in [2.24, 2.45) is 11.0 Å². The summed E-state index contributed by atoms with van der Waals surface area (Å²) >= 11 is 0. The standard InChI is InChI=1S/C22H17N3O3/c26-25(27)17-10-6-7-15(13-17)21-19-14-28-20-12-5-4-11-18(20)22(19)24(23-21)16-8-2-1-3-9-16/h1-13,19,22H,14H2. The minimum absolute atomic E-state index is 0.0124. The Morgan fingerprint density at radius 2 is 1.79 bits per heavy atom. The van der Waals surface area contributed by atoms with Crippen molar-refractivity contribution in [3.8, 4) is 5.75 Å². The van der Waals surface area contributed by atoms with Gasteiger partial charge in [0.15, 0.2) is 0 Å². The third kappa shape index (κ3) is 2.62. The Morgan fingerprint density at radius 3 is 2.61 bits per heavy atom. The second kappa shape index (κ2) is 6.49. The fourth-order valence-electron chi connectivity index (χ4n) is 3.98. The van der Waals surface area contributed by atoms with Gasteiger partial charge in [0.25, 0.3) is 5.69 Å². The lowest BCUT2D eigenvalue weighted by molar-refractivity contribution is -0.384. The second-order valence-electron chi connectivity index (χ2n) is 6.87. The highest BCUT2D eigenvalue weighted by Crippen LogP contribution is 2.46. The van der Waals surface area contributed by atoms with Gasteiger partial charge in [-0.25, -0.2) is 0 Å². The number of hydrazone groups is 1. The number of anilines is 1.